The van der Waals surface area contributed by atoms with Crippen LogP contribution in [0.2, 0.25) is 5.16 Å². The van der Waals surface area contributed by atoms with Crippen molar-refractivity contribution in [1.29, 1.82) is 0 Å². The first-order valence-electron chi connectivity index (χ1n) is 15.7. The Morgan fingerprint density at radius 3 is 0.744 bits per heavy atom. The van der Waals surface area contributed by atoms with Crippen LogP contribution >= 0.6 is 0 Å². The van der Waals surface area contributed by atoms with Crippen molar-refractivity contribution in [2.75, 3.05) is 0 Å². The second kappa shape index (κ2) is 13.4. The Labute approximate surface area is 259 Å². The highest BCUT2D eigenvalue weighted by Crippen LogP contribution is 2.37. The van der Waals surface area contributed by atoms with E-state index in [1.165, 1.54) is 44.0 Å². The molecule has 0 amide bonds. The molecule has 2 heteroatoms. The van der Waals surface area contributed by atoms with Gasteiger partial charge in [-0.05, 0) is 36.3 Å². The van der Waals surface area contributed by atoms with Crippen molar-refractivity contribution in [3.05, 3.63) is 182 Å². The third-order valence-electron chi connectivity index (χ3n) is 9.27. The van der Waals surface area contributed by atoms with Crippen molar-refractivity contribution in [2.24, 2.45) is 0 Å². The topological polar surface area (TPSA) is 0 Å². The monoisotopic (exact) mass is 588 g/mol. The summed E-state index contributed by atoms with van der Waals surface area (Å²) in [6, 6.07) is 69.4. The molecule has 0 heterocycles. The fourth-order valence-electron chi connectivity index (χ4n) is 7.58. The van der Waals surface area contributed by atoms with Gasteiger partial charge in [-0.3, -0.25) is 0 Å². The standard InChI is InChI=1S/C41H40Si2/c1-2-3-34-41(42(35-22-10-4-11-23-35,36-24-12-5-13-25-36)37-26-14-6-15-27-37)43(38-28-16-7-17-29-38,39-30-18-8-19-31-39)40-32-20-9-21-33-40/h4-33,41H,2-3,34H2,1H3. The Morgan fingerprint density at radius 2 is 0.558 bits per heavy atom. The van der Waals surface area contributed by atoms with E-state index < -0.39 is 16.1 Å². The molecule has 0 saturated carbocycles. The Kier molecular flexibility index (Phi) is 8.97. The van der Waals surface area contributed by atoms with Crippen LogP contribution < -0.4 is 31.1 Å². The second-order valence-corrected chi connectivity index (χ2v) is 20.2. The van der Waals surface area contributed by atoms with Gasteiger partial charge in [-0.15, -0.1) is 0 Å². The summed E-state index contributed by atoms with van der Waals surface area (Å²) < 4.78 is 0. The smallest absolute Gasteiger partial charge is 0.0654 e. The highest BCUT2D eigenvalue weighted by Gasteiger charge is 2.58. The Bertz CT molecular complexity index is 1350. The summed E-state index contributed by atoms with van der Waals surface area (Å²) in [6.07, 6.45) is 3.52. The molecule has 0 aliphatic carbocycles. The molecule has 6 rings (SSSR count). The Hall–Kier alpha value is -4.25. The Morgan fingerprint density at radius 1 is 0.349 bits per heavy atom. The third-order valence-corrected chi connectivity index (χ3v) is 22.0. The number of rotatable bonds is 11. The van der Waals surface area contributed by atoms with Gasteiger partial charge < -0.3 is 0 Å². The molecule has 0 unspecified atom stereocenters. The van der Waals surface area contributed by atoms with Gasteiger partial charge in [0, 0.05) is 0 Å². The summed E-state index contributed by atoms with van der Waals surface area (Å²) >= 11 is 0. The highest BCUT2D eigenvalue weighted by atomic mass is 28.4. The normalized spacial score (nSPS) is 11.9. The van der Waals surface area contributed by atoms with Crippen LogP contribution in [0.3, 0.4) is 0 Å². The molecule has 0 aromatic heterocycles. The number of hydrogen-bond acceptors (Lipinski definition) is 0. The molecule has 0 atom stereocenters. The van der Waals surface area contributed by atoms with Crippen LogP contribution in [0, 0.1) is 0 Å². The van der Waals surface area contributed by atoms with E-state index in [9.17, 15) is 0 Å². The van der Waals surface area contributed by atoms with E-state index in [0.29, 0.717) is 5.16 Å². The van der Waals surface area contributed by atoms with Crippen LogP contribution in [-0.2, 0) is 0 Å². The average Bonchev–Trinajstić information content (AvgIpc) is 3.10. The quantitative estimate of drug-likeness (QED) is 0.121. The minimum atomic E-state index is -2.71. The molecule has 0 bridgehead atoms. The van der Waals surface area contributed by atoms with Crippen LogP contribution in [0.25, 0.3) is 0 Å². The van der Waals surface area contributed by atoms with Gasteiger partial charge in [-0.25, -0.2) is 0 Å². The minimum absolute atomic E-state index is 0.402. The van der Waals surface area contributed by atoms with Crippen LogP contribution in [0.5, 0.6) is 0 Å². The van der Waals surface area contributed by atoms with E-state index >= 15 is 0 Å². The first kappa shape index (κ1) is 28.9. The molecule has 0 saturated heterocycles. The van der Waals surface area contributed by atoms with Crippen LogP contribution in [-0.4, -0.2) is 16.1 Å². The maximum absolute atomic E-state index is 2.71. The van der Waals surface area contributed by atoms with E-state index in [2.05, 4.69) is 189 Å². The molecule has 0 aliphatic heterocycles. The molecule has 0 nitrogen and oxygen atoms in total. The molecule has 0 fully saturated rings. The van der Waals surface area contributed by atoms with Gasteiger partial charge in [0.25, 0.3) is 0 Å². The molecule has 0 radical (unpaired) electrons. The van der Waals surface area contributed by atoms with Crippen molar-refractivity contribution in [1.82, 2.24) is 0 Å². The molecule has 0 N–H and O–H groups in total. The molecule has 6 aromatic rings. The van der Waals surface area contributed by atoms with Gasteiger partial charge in [0.1, 0.15) is 16.1 Å². The average molecular weight is 589 g/mol. The van der Waals surface area contributed by atoms with Crippen molar-refractivity contribution in [2.45, 2.75) is 31.4 Å². The maximum Gasteiger partial charge on any atom is 0.149 e. The number of benzene rings is 6. The zero-order valence-electron chi connectivity index (χ0n) is 25.0. The summed E-state index contributed by atoms with van der Waals surface area (Å²) in [7, 11) is -5.43. The first-order valence-corrected chi connectivity index (χ1v) is 19.8. The van der Waals surface area contributed by atoms with Crippen LogP contribution in [0.4, 0.5) is 0 Å². The van der Waals surface area contributed by atoms with Crippen LogP contribution in [0.15, 0.2) is 182 Å². The van der Waals surface area contributed by atoms with Crippen LogP contribution in [0.1, 0.15) is 26.2 Å². The molecule has 212 valence electrons. The van der Waals surface area contributed by atoms with Gasteiger partial charge in [0.05, 0.1) is 0 Å². The van der Waals surface area contributed by atoms with Crippen molar-refractivity contribution < 1.29 is 0 Å². The predicted octanol–water partition coefficient (Wildman–Crippen LogP) is 6.43. The largest absolute Gasteiger partial charge is 0.149 e. The zero-order chi connectivity index (χ0) is 29.4. The predicted molar refractivity (Wildman–Crippen MR) is 191 cm³/mol. The van der Waals surface area contributed by atoms with Crippen molar-refractivity contribution in [3.63, 3.8) is 0 Å². The molecule has 43 heavy (non-hydrogen) atoms. The Balaban J connectivity index is 1.85. The summed E-state index contributed by atoms with van der Waals surface area (Å²) in [5.41, 5.74) is 0. The van der Waals surface area contributed by atoms with E-state index in [-0.39, 0.29) is 0 Å². The SMILES string of the molecule is CCCCC([Si](c1ccccc1)(c1ccccc1)c1ccccc1)[Si](c1ccccc1)(c1ccccc1)c1ccccc1. The lowest BCUT2D eigenvalue weighted by molar-refractivity contribution is 0.738. The lowest BCUT2D eigenvalue weighted by Crippen LogP contribution is -2.82. The highest BCUT2D eigenvalue weighted by molar-refractivity contribution is 7.27. The van der Waals surface area contributed by atoms with Crippen molar-refractivity contribution >= 4 is 47.3 Å². The minimum Gasteiger partial charge on any atom is -0.0654 e. The summed E-state index contributed by atoms with van der Waals surface area (Å²) in [5, 5.41) is 9.36. The molecule has 0 aliphatic rings. The summed E-state index contributed by atoms with van der Waals surface area (Å²) in [4.78, 5) is 0. The fraction of sp³-hybridized carbons (Fsp3) is 0.122. The van der Waals surface area contributed by atoms with Crippen molar-refractivity contribution in [3.8, 4) is 0 Å². The molecular weight excluding hydrogens is 549 g/mol. The summed E-state index contributed by atoms with van der Waals surface area (Å²) in [6.45, 7) is 2.35. The lowest BCUT2D eigenvalue weighted by Gasteiger charge is -2.51. The van der Waals surface area contributed by atoms with E-state index in [1.807, 2.05) is 0 Å². The zero-order valence-corrected chi connectivity index (χ0v) is 27.0. The molecular formula is C41H40Si2. The van der Waals surface area contributed by atoms with E-state index in [4.69, 9.17) is 0 Å². The van der Waals surface area contributed by atoms with Gasteiger partial charge >= 0.3 is 0 Å². The maximum atomic E-state index is 2.44. The fourth-order valence-corrected chi connectivity index (χ4v) is 23.2. The lowest BCUT2D eigenvalue weighted by atomic mass is 10.3. The van der Waals surface area contributed by atoms with E-state index in [0.717, 1.165) is 6.42 Å². The van der Waals surface area contributed by atoms with E-state index in [1.54, 1.807) is 0 Å². The first-order chi connectivity index (χ1) is 21.3. The second-order valence-electron chi connectivity index (χ2n) is 11.5. The number of hydrogen-bond donors (Lipinski definition) is 0. The number of unbranched alkanes of at least 4 members (excludes halogenated alkanes) is 1. The molecule has 6 aromatic carbocycles. The van der Waals surface area contributed by atoms with Gasteiger partial charge in [-0.2, -0.15) is 0 Å². The third kappa shape index (κ3) is 5.26. The van der Waals surface area contributed by atoms with Gasteiger partial charge in [0.15, 0.2) is 0 Å². The molecule has 0 spiro atoms. The van der Waals surface area contributed by atoms with Gasteiger partial charge in [0.2, 0.25) is 0 Å². The van der Waals surface area contributed by atoms with Gasteiger partial charge in [-0.1, -0.05) is 208 Å². The summed E-state index contributed by atoms with van der Waals surface area (Å²) in [5.74, 6) is 0.